The Kier molecular flexibility index (Phi) is 4.96. The Morgan fingerprint density at radius 3 is 2.90 bits per heavy atom. The topological polar surface area (TPSA) is 51.2 Å². The molecule has 0 atom stereocenters. The predicted molar refractivity (Wildman–Crippen MR) is 78.3 cm³/mol. The molecule has 5 heteroatoms. The molecule has 1 heterocycles. The Morgan fingerprint density at radius 1 is 1.35 bits per heavy atom. The van der Waals surface area contributed by atoms with Gasteiger partial charge in [0.2, 0.25) is 0 Å². The highest BCUT2D eigenvalue weighted by molar-refractivity contribution is 6.30. The maximum Gasteiger partial charge on any atom is 0.269 e. The summed E-state index contributed by atoms with van der Waals surface area (Å²) < 4.78 is 5.26. The number of nitrogens with zero attached hydrogens (tertiary/aromatic N) is 1. The lowest BCUT2D eigenvalue weighted by Gasteiger charge is -2.09. The number of pyridine rings is 1. The Morgan fingerprint density at radius 2 is 2.15 bits per heavy atom. The summed E-state index contributed by atoms with van der Waals surface area (Å²) in [7, 11) is 1.63. The number of aromatic nitrogens is 1. The minimum Gasteiger partial charge on any atom is -0.496 e. The van der Waals surface area contributed by atoms with Crippen LogP contribution in [0.15, 0.2) is 42.6 Å². The van der Waals surface area contributed by atoms with E-state index in [1.807, 2.05) is 24.3 Å². The van der Waals surface area contributed by atoms with Gasteiger partial charge < -0.3 is 10.1 Å². The fourth-order valence-electron chi connectivity index (χ4n) is 1.84. The standard InChI is InChI=1S/C15H15ClN2O2/c1-20-14-5-3-2-4-11(14)6-8-18-15(19)13-10-12(16)7-9-17-13/h2-5,7,9-10H,6,8H2,1H3,(H,18,19). The van der Waals surface area contributed by atoms with Crippen LogP contribution in [0, 0.1) is 0 Å². The molecule has 0 aliphatic carbocycles. The van der Waals surface area contributed by atoms with Crippen molar-refractivity contribution in [1.29, 1.82) is 0 Å². The van der Waals surface area contributed by atoms with Crippen LogP contribution in [0.3, 0.4) is 0 Å². The second kappa shape index (κ2) is 6.91. The van der Waals surface area contributed by atoms with Crippen LogP contribution >= 0.6 is 11.6 Å². The van der Waals surface area contributed by atoms with Gasteiger partial charge in [-0.1, -0.05) is 29.8 Å². The van der Waals surface area contributed by atoms with Gasteiger partial charge in [0.25, 0.3) is 5.91 Å². The van der Waals surface area contributed by atoms with E-state index in [4.69, 9.17) is 16.3 Å². The normalized spacial score (nSPS) is 10.1. The molecule has 2 rings (SSSR count). The molecule has 1 N–H and O–H groups in total. The Bertz CT molecular complexity index is 602. The van der Waals surface area contributed by atoms with E-state index in [9.17, 15) is 4.79 Å². The summed E-state index contributed by atoms with van der Waals surface area (Å²) >= 11 is 5.82. The zero-order valence-electron chi connectivity index (χ0n) is 11.1. The number of hydrogen-bond acceptors (Lipinski definition) is 3. The molecule has 4 nitrogen and oxygen atoms in total. The van der Waals surface area contributed by atoms with Gasteiger partial charge >= 0.3 is 0 Å². The van der Waals surface area contributed by atoms with Crippen molar-refractivity contribution in [2.75, 3.05) is 13.7 Å². The molecule has 104 valence electrons. The quantitative estimate of drug-likeness (QED) is 0.921. The Hall–Kier alpha value is -2.07. The van der Waals surface area contributed by atoms with Crippen LogP contribution in [0.1, 0.15) is 16.1 Å². The molecule has 1 aromatic heterocycles. The minimum absolute atomic E-state index is 0.234. The molecule has 1 amide bonds. The molecule has 0 saturated heterocycles. The molecule has 0 bridgehead atoms. The van der Waals surface area contributed by atoms with Crippen molar-refractivity contribution < 1.29 is 9.53 Å². The number of benzene rings is 1. The molecule has 1 aromatic carbocycles. The molecule has 2 aromatic rings. The molecule has 0 aliphatic rings. The third kappa shape index (κ3) is 3.71. The molecule has 0 fully saturated rings. The Balaban J connectivity index is 1.91. The van der Waals surface area contributed by atoms with Gasteiger partial charge in [-0.3, -0.25) is 9.78 Å². The highest BCUT2D eigenvalue weighted by atomic mass is 35.5. The third-order valence-corrected chi connectivity index (χ3v) is 3.06. The van der Waals surface area contributed by atoms with Crippen molar-refractivity contribution >= 4 is 17.5 Å². The maximum absolute atomic E-state index is 11.9. The van der Waals surface area contributed by atoms with Crippen molar-refractivity contribution in [3.05, 3.63) is 58.9 Å². The van der Waals surface area contributed by atoms with Crippen molar-refractivity contribution in [1.82, 2.24) is 10.3 Å². The van der Waals surface area contributed by atoms with Gasteiger partial charge in [-0.2, -0.15) is 0 Å². The fourth-order valence-corrected chi connectivity index (χ4v) is 2.00. The third-order valence-electron chi connectivity index (χ3n) is 2.83. The number of nitrogens with one attached hydrogen (secondary N) is 1. The van der Waals surface area contributed by atoms with E-state index in [0.29, 0.717) is 23.7 Å². The zero-order chi connectivity index (χ0) is 14.4. The Labute approximate surface area is 122 Å². The number of rotatable bonds is 5. The maximum atomic E-state index is 11.9. The first-order valence-electron chi connectivity index (χ1n) is 6.22. The smallest absolute Gasteiger partial charge is 0.269 e. The second-order valence-corrected chi connectivity index (χ2v) is 4.61. The highest BCUT2D eigenvalue weighted by Crippen LogP contribution is 2.17. The first kappa shape index (κ1) is 14.3. The van der Waals surface area contributed by atoms with E-state index in [2.05, 4.69) is 10.3 Å². The van der Waals surface area contributed by atoms with Crippen molar-refractivity contribution in [3.8, 4) is 5.75 Å². The summed E-state index contributed by atoms with van der Waals surface area (Å²) in [6.45, 7) is 0.507. The molecule has 0 unspecified atom stereocenters. The summed E-state index contributed by atoms with van der Waals surface area (Å²) in [6.07, 6.45) is 2.20. The van der Waals surface area contributed by atoms with Gasteiger partial charge in [0.05, 0.1) is 7.11 Å². The largest absolute Gasteiger partial charge is 0.496 e. The molecule has 0 saturated carbocycles. The minimum atomic E-state index is -0.234. The van der Waals surface area contributed by atoms with E-state index in [1.54, 1.807) is 19.2 Å². The van der Waals surface area contributed by atoms with Gasteiger partial charge in [0.1, 0.15) is 11.4 Å². The average Bonchev–Trinajstić information content (AvgIpc) is 2.47. The summed E-state index contributed by atoms with van der Waals surface area (Å²) in [6, 6.07) is 10.9. The average molecular weight is 291 g/mol. The molecular weight excluding hydrogens is 276 g/mol. The fraction of sp³-hybridized carbons (Fsp3) is 0.200. The van der Waals surface area contributed by atoms with E-state index < -0.39 is 0 Å². The number of carbonyl (C=O) groups excluding carboxylic acids is 1. The monoisotopic (exact) mass is 290 g/mol. The van der Waals surface area contributed by atoms with Crippen molar-refractivity contribution in [3.63, 3.8) is 0 Å². The SMILES string of the molecule is COc1ccccc1CCNC(=O)c1cc(Cl)ccn1. The number of carbonyl (C=O) groups is 1. The summed E-state index contributed by atoms with van der Waals surface area (Å²) in [5.41, 5.74) is 1.37. The molecule has 0 radical (unpaired) electrons. The zero-order valence-corrected chi connectivity index (χ0v) is 11.9. The number of amides is 1. The molecule has 0 aliphatic heterocycles. The van der Waals surface area contributed by atoms with E-state index in [0.717, 1.165) is 11.3 Å². The lowest BCUT2D eigenvalue weighted by molar-refractivity contribution is 0.0949. The summed E-state index contributed by atoms with van der Waals surface area (Å²) in [4.78, 5) is 15.9. The second-order valence-electron chi connectivity index (χ2n) is 4.18. The van der Waals surface area contributed by atoms with Gasteiger partial charge in [0, 0.05) is 17.8 Å². The van der Waals surface area contributed by atoms with Crippen molar-refractivity contribution in [2.45, 2.75) is 6.42 Å². The van der Waals surface area contributed by atoms with Crippen LogP contribution in [0.5, 0.6) is 5.75 Å². The van der Waals surface area contributed by atoms with Gasteiger partial charge in [-0.05, 0) is 30.2 Å². The number of halogens is 1. The molecule has 0 spiro atoms. The lowest BCUT2D eigenvalue weighted by Crippen LogP contribution is -2.26. The van der Waals surface area contributed by atoms with Crippen LogP contribution in [-0.2, 0) is 6.42 Å². The van der Waals surface area contributed by atoms with E-state index in [1.165, 1.54) is 6.20 Å². The summed E-state index contributed by atoms with van der Waals surface area (Å²) in [5, 5.41) is 3.31. The first-order valence-corrected chi connectivity index (χ1v) is 6.60. The van der Waals surface area contributed by atoms with Crippen LogP contribution in [0.2, 0.25) is 5.02 Å². The molecule has 20 heavy (non-hydrogen) atoms. The van der Waals surface area contributed by atoms with Crippen molar-refractivity contribution in [2.24, 2.45) is 0 Å². The number of para-hydroxylation sites is 1. The summed E-state index contributed by atoms with van der Waals surface area (Å²) in [5.74, 6) is 0.588. The van der Waals surface area contributed by atoms with E-state index in [-0.39, 0.29) is 5.91 Å². The lowest BCUT2D eigenvalue weighted by atomic mass is 10.1. The van der Waals surface area contributed by atoms with Gasteiger partial charge in [0.15, 0.2) is 0 Å². The number of hydrogen-bond donors (Lipinski definition) is 1. The van der Waals surface area contributed by atoms with Crippen LogP contribution < -0.4 is 10.1 Å². The number of methoxy groups -OCH3 is 1. The molecular formula is C15H15ClN2O2. The van der Waals surface area contributed by atoms with Crippen LogP contribution in [0.4, 0.5) is 0 Å². The van der Waals surface area contributed by atoms with Crippen LogP contribution in [0.25, 0.3) is 0 Å². The van der Waals surface area contributed by atoms with Gasteiger partial charge in [-0.15, -0.1) is 0 Å². The van der Waals surface area contributed by atoms with Crippen LogP contribution in [-0.4, -0.2) is 24.5 Å². The number of ether oxygens (including phenoxy) is 1. The van der Waals surface area contributed by atoms with Gasteiger partial charge in [-0.25, -0.2) is 0 Å². The highest BCUT2D eigenvalue weighted by Gasteiger charge is 2.07. The first-order chi connectivity index (χ1) is 9.70. The predicted octanol–water partition coefficient (Wildman–Crippen LogP) is 2.72. The van der Waals surface area contributed by atoms with E-state index >= 15 is 0 Å².